The van der Waals surface area contributed by atoms with Crippen LogP contribution in [0.3, 0.4) is 0 Å². The number of benzene rings is 2. The minimum atomic E-state index is -3.15. The van der Waals surface area contributed by atoms with Gasteiger partial charge in [0.05, 0.1) is 16.5 Å². The Balaban J connectivity index is 1.52. The number of aromatic nitrogens is 1. The van der Waals surface area contributed by atoms with Crippen LogP contribution in [0.15, 0.2) is 47.5 Å². The lowest BCUT2D eigenvalue weighted by atomic mass is 9.97. The molecule has 2 aliphatic rings. The molecule has 0 bridgehead atoms. The number of halogens is 1. The Labute approximate surface area is 175 Å². The van der Waals surface area contributed by atoms with E-state index in [1.54, 1.807) is 16.4 Å². The van der Waals surface area contributed by atoms with E-state index < -0.39 is 16.3 Å². The summed E-state index contributed by atoms with van der Waals surface area (Å²) in [6.07, 6.45) is 2.96. The molecule has 1 amide bonds. The Hall–Kier alpha value is -2.39. The maximum absolute atomic E-state index is 13.5. The molecule has 1 fully saturated rings. The second-order valence-corrected chi connectivity index (χ2v) is 10.5. The van der Waals surface area contributed by atoms with E-state index in [2.05, 4.69) is 10.3 Å². The highest BCUT2D eigenvalue weighted by Gasteiger charge is 2.45. The van der Waals surface area contributed by atoms with Gasteiger partial charge in [-0.25, -0.2) is 4.39 Å². The van der Waals surface area contributed by atoms with Gasteiger partial charge in [0.2, 0.25) is 5.91 Å². The molecule has 1 aromatic heterocycles. The van der Waals surface area contributed by atoms with E-state index in [4.69, 9.17) is 0 Å². The van der Waals surface area contributed by atoms with Crippen molar-refractivity contribution in [3.05, 3.63) is 54.0 Å². The highest BCUT2D eigenvalue weighted by atomic mass is 32.3. The molecule has 8 heteroatoms. The number of hydrogen-bond acceptors (Lipinski definition) is 4. The van der Waals surface area contributed by atoms with E-state index in [0.29, 0.717) is 24.3 Å². The first-order valence-electron chi connectivity index (χ1n) is 9.95. The van der Waals surface area contributed by atoms with E-state index in [9.17, 15) is 18.3 Å². The van der Waals surface area contributed by atoms with Gasteiger partial charge in [0.25, 0.3) is 0 Å². The van der Waals surface area contributed by atoms with Gasteiger partial charge in [0.1, 0.15) is 5.82 Å². The lowest BCUT2D eigenvalue weighted by Gasteiger charge is -2.43. The number of hydrogen-bond donors (Lipinski definition) is 4. The summed E-state index contributed by atoms with van der Waals surface area (Å²) in [6, 6.07) is 10.0. The Morgan fingerprint density at radius 1 is 1.27 bits per heavy atom. The van der Waals surface area contributed by atoms with Crippen LogP contribution in [0.2, 0.25) is 0 Å². The third-order valence-corrected chi connectivity index (χ3v) is 8.38. The minimum Gasteiger partial charge on any atom is -0.360 e. The van der Waals surface area contributed by atoms with Crippen LogP contribution in [0.25, 0.3) is 22.0 Å². The first-order chi connectivity index (χ1) is 14.2. The lowest BCUT2D eigenvalue weighted by Crippen LogP contribution is -2.48. The van der Waals surface area contributed by atoms with E-state index in [-0.39, 0.29) is 17.8 Å². The molecule has 0 saturated carbocycles. The maximum Gasteiger partial charge on any atom is 0.220 e. The topological polar surface area (TPSA) is 88.6 Å². The van der Waals surface area contributed by atoms with Gasteiger partial charge in [0, 0.05) is 35.6 Å². The molecular formula is C22H24FN3O3S. The summed E-state index contributed by atoms with van der Waals surface area (Å²) >= 11 is 0. The van der Waals surface area contributed by atoms with E-state index in [1.807, 2.05) is 32.2 Å². The standard InChI is InChI=1S/C22H24FN3O3S/c1-13-17-9-14(18-11-24-19-10-15(23)4-5-16(18)19)3-6-20(17)30(28,29)26(13)12-22(2)8-7-21(27)25-22/h3-6,9-11,13,24,28-29H,7-8,12H2,1-2H3,(H,25,27)/t13?,22-/m0/s1. The van der Waals surface area contributed by atoms with Crippen molar-refractivity contribution in [2.24, 2.45) is 0 Å². The normalized spacial score (nSPS) is 26.7. The number of fused-ring (bicyclic) bond motifs is 2. The summed E-state index contributed by atoms with van der Waals surface area (Å²) in [5, 5.41) is 3.89. The van der Waals surface area contributed by atoms with E-state index in [0.717, 1.165) is 27.6 Å². The van der Waals surface area contributed by atoms with Crippen molar-refractivity contribution in [2.75, 3.05) is 6.54 Å². The Morgan fingerprint density at radius 2 is 2.07 bits per heavy atom. The zero-order valence-electron chi connectivity index (χ0n) is 16.8. The molecule has 1 saturated heterocycles. The number of amides is 1. The number of carbonyl (C=O) groups excluding carboxylic acids is 1. The molecule has 0 spiro atoms. The highest BCUT2D eigenvalue weighted by Crippen LogP contribution is 2.64. The molecule has 0 radical (unpaired) electrons. The smallest absolute Gasteiger partial charge is 0.220 e. The molecule has 3 aromatic rings. The van der Waals surface area contributed by atoms with Gasteiger partial charge in [0.15, 0.2) is 0 Å². The number of nitrogens with one attached hydrogen (secondary N) is 2. The minimum absolute atomic E-state index is 0.00333. The molecule has 3 heterocycles. The predicted molar refractivity (Wildman–Crippen MR) is 116 cm³/mol. The predicted octanol–water partition coefficient (Wildman–Crippen LogP) is 5.04. The lowest BCUT2D eigenvalue weighted by molar-refractivity contribution is -0.119. The van der Waals surface area contributed by atoms with E-state index in [1.165, 1.54) is 12.1 Å². The fourth-order valence-electron chi connectivity index (χ4n) is 4.67. The Kier molecular flexibility index (Phi) is 4.27. The van der Waals surface area contributed by atoms with Gasteiger partial charge in [-0.05, 0) is 61.7 Å². The molecular weight excluding hydrogens is 405 g/mol. The summed E-state index contributed by atoms with van der Waals surface area (Å²) in [5.74, 6) is -0.299. The monoisotopic (exact) mass is 429 g/mol. The van der Waals surface area contributed by atoms with Crippen molar-refractivity contribution in [1.29, 1.82) is 0 Å². The van der Waals surface area contributed by atoms with Crippen molar-refractivity contribution in [1.82, 2.24) is 14.6 Å². The van der Waals surface area contributed by atoms with Crippen LogP contribution >= 0.6 is 10.8 Å². The van der Waals surface area contributed by atoms with Gasteiger partial charge < -0.3 is 10.3 Å². The molecule has 2 aliphatic heterocycles. The SMILES string of the molecule is CC1c2cc(-c3c[nH]c4cc(F)ccc34)ccc2S(O)(O)N1C[C@]1(C)CCC(=O)N1. The Bertz CT molecular complexity index is 1180. The van der Waals surface area contributed by atoms with Gasteiger partial charge in [-0.2, -0.15) is 4.31 Å². The average Bonchev–Trinajstić information content (AvgIpc) is 3.32. The zero-order valence-corrected chi connectivity index (χ0v) is 17.6. The molecule has 1 unspecified atom stereocenters. The van der Waals surface area contributed by atoms with Crippen molar-refractivity contribution in [3.63, 3.8) is 0 Å². The summed E-state index contributed by atoms with van der Waals surface area (Å²) < 4.78 is 37.3. The number of rotatable bonds is 3. The molecule has 4 N–H and O–H groups in total. The van der Waals surface area contributed by atoms with Crippen LogP contribution in [0.4, 0.5) is 4.39 Å². The third-order valence-electron chi connectivity index (χ3n) is 6.32. The Morgan fingerprint density at radius 3 is 2.80 bits per heavy atom. The van der Waals surface area contributed by atoms with Crippen molar-refractivity contribution in [2.45, 2.75) is 43.2 Å². The molecule has 158 valence electrons. The summed E-state index contributed by atoms with van der Waals surface area (Å²) in [6.45, 7) is 4.26. The van der Waals surface area contributed by atoms with Crippen molar-refractivity contribution >= 4 is 27.6 Å². The quantitative estimate of drug-likeness (QED) is 0.469. The number of aromatic amines is 1. The maximum atomic E-state index is 13.5. The van der Waals surface area contributed by atoms with Gasteiger partial charge in [-0.15, -0.1) is 10.8 Å². The number of nitrogens with zero attached hydrogens (tertiary/aromatic N) is 1. The van der Waals surface area contributed by atoms with Gasteiger partial charge >= 0.3 is 0 Å². The first-order valence-corrected chi connectivity index (χ1v) is 11.5. The highest BCUT2D eigenvalue weighted by molar-refractivity contribution is 8.22. The van der Waals surface area contributed by atoms with Crippen LogP contribution in [0.1, 0.15) is 38.3 Å². The molecule has 2 aromatic carbocycles. The molecule has 2 atom stereocenters. The molecule has 6 nitrogen and oxygen atoms in total. The third kappa shape index (κ3) is 2.94. The summed E-state index contributed by atoms with van der Waals surface area (Å²) in [5.41, 5.74) is 2.95. The van der Waals surface area contributed by atoms with Crippen LogP contribution in [0, 0.1) is 5.82 Å². The fraction of sp³-hybridized carbons (Fsp3) is 0.318. The fourth-order valence-corrected chi connectivity index (χ4v) is 6.74. The van der Waals surface area contributed by atoms with Crippen LogP contribution in [-0.2, 0) is 4.79 Å². The largest absolute Gasteiger partial charge is 0.360 e. The van der Waals surface area contributed by atoms with Crippen molar-refractivity contribution in [3.8, 4) is 11.1 Å². The van der Waals surface area contributed by atoms with E-state index >= 15 is 0 Å². The second kappa shape index (κ2) is 6.55. The van der Waals surface area contributed by atoms with Crippen LogP contribution < -0.4 is 5.32 Å². The van der Waals surface area contributed by atoms with Gasteiger partial charge in [-0.3, -0.25) is 13.9 Å². The zero-order chi connectivity index (χ0) is 21.3. The number of carbonyl (C=O) groups is 1. The average molecular weight is 430 g/mol. The van der Waals surface area contributed by atoms with Crippen LogP contribution in [0.5, 0.6) is 0 Å². The number of H-pyrrole nitrogens is 1. The van der Waals surface area contributed by atoms with Gasteiger partial charge in [-0.1, -0.05) is 6.07 Å². The molecule has 30 heavy (non-hydrogen) atoms. The first kappa shape index (κ1) is 19.6. The summed E-state index contributed by atoms with van der Waals surface area (Å²) in [4.78, 5) is 15.4. The summed E-state index contributed by atoms with van der Waals surface area (Å²) in [7, 11) is -3.15. The van der Waals surface area contributed by atoms with Crippen LogP contribution in [-0.4, -0.2) is 36.4 Å². The molecule has 5 rings (SSSR count). The molecule has 0 aliphatic carbocycles. The van der Waals surface area contributed by atoms with Crippen molar-refractivity contribution < 1.29 is 18.3 Å². The second-order valence-electron chi connectivity index (χ2n) is 8.52.